The zero-order chi connectivity index (χ0) is 15.1. The van der Waals surface area contributed by atoms with Crippen LogP contribution >= 0.6 is 15.9 Å². The Morgan fingerprint density at radius 2 is 2.10 bits per heavy atom. The SMILES string of the molecule is COC1C(=O)c2cc(Br)cnc2N1C(=O)OC(C)(C)C. The van der Waals surface area contributed by atoms with Crippen molar-refractivity contribution in [2.45, 2.75) is 32.6 Å². The van der Waals surface area contributed by atoms with Crippen molar-refractivity contribution in [2.75, 3.05) is 12.0 Å². The molecule has 0 radical (unpaired) electrons. The molecule has 1 unspecified atom stereocenters. The largest absolute Gasteiger partial charge is 0.443 e. The fraction of sp³-hybridized carbons (Fsp3) is 0.462. The summed E-state index contributed by atoms with van der Waals surface area (Å²) in [4.78, 5) is 29.7. The van der Waals surface area contributed by atoms with E-state index in [4.69, 9.17) is 9.47 Å². The van der Waals surface area contributed by atoms with Gasteiger partial charge in [-0.25, -0.2) is 14.7 Å². The van der Waals surface area contributed by atoms with E-state index in [2.05, 4.69) is 20.9 Å². The number of aromatic nitrogens is 1. The lowest BCUT2D eigenvalue weighted by atomic mass is 10.2. The fourth-order valence-electron chi connectivity index (χ4n) is 1.87. The Kier molecular flexibility index (Phi) is 3.84. The number of methoxy groups -OCH3 is 1. The molecule has 108 valence electrons. The van der Waals surface area contributed by atoms with Gasteiger partial charge in [0.2, 0.25) is 12.0 Å². The highest BCUT2D eigenvalue weighted by Crippen LogP contribution is 2.33. The average Bonchev–Trinajstić information content (AvgIpc) is 2.60. The molecule has 2 rings (SSSR count). The van der Waals surface area contributed by atoms with Crippen LogP contribution in [0.4, 0.5) is 10.6 Å². The van der Waals surface area contributed by atoms with Crippen LogP contribution in [-0.4, -0.2) is 35.8 Å². The molecule has 2 heterocycles. The number of amides is 1. The van der Waals surface area contributed by atoms with Crippen molar-refractivity contribution in [1.82, 2.24) is 4.98 Å². The molecule has 0 saturated heterocycles. The van der Waals surface area contributed by atoms with Gasteiger partial charge in [-0.2, -0.15) is 0 Å². The first-order chi connectivity index (χ1) is 9.24. The Hall–Kier alpha value is -1.47. The van der Waals surface area contributed by atoms with Crippen LogP contribution in [-0.2, 0) is 9.47 Å². The zero-order valence-corrected chi connectivity index (χ0v) is 13.2. The van der Waals surface area contributed by atoms with Crippen LogP contribution in [0.1, 0.15) is 31.1 Å². The van der Waals surface area contributed by atoms with E-state index in [1.54, 1.807) is 26.8 Å². The van der Waals surface area contributed by atoms with Crippen molar-refractivity contribution in [3.05, 3.63) is 22.3 Å². The summed E-state index contributed by atoms with van der Waals surface area (Å²) in [5.74, 6) is -0.0681. The van der Waals surface area contributed by atoms with Crippen molar-refractivity contribution >= 4 is 33.6 Å². The monoisotopic (exact) mass is 342 g/mol. The summed E-state index contributed by atoms with van der Waals surface area (Å²) in [5, 5.41) is 0. The number of anilines is 1. The normalized spacial score (nSPS) is 18.1. The molecule has 1 aromatic rings. The van der Waals surface area contributed by atoms with Gasteiger partial charge in [0, 0.05) is 17.8 Å². The molecule has 20 heavy (non-hydrogen) atoms. The number of hydrogen-bond acceptors (Lipinski definition) is 5. The molecule has 1 atom stereocenters. The van der Waals surface area contributed by atoms with E-state index in [0.29, 0.717) is 10.0 Å². The van der Waals surface area contributed by atoms with Gasteiger partial charge < -0.3 is 9.47 Å². The van der Waals surface area contributed by atoms with Gasteiger partial charge in [0.25, 0.3) is 0 Å². The van der Waals surface area contributed by atoms with Crippen molar-refractivity contribution < 1.29 is 19.1 Å². The van der Waals surface area contributed by atoms with Crippen molar-refractivity contribution in [3.8, 4) is 0 Å². The van der Waals surface area contributed by atoms with Crippen LogP contribution < -0.4 is 4.90 Å². The number of hydrogen-bond donors (Lipinski definition) is 0. The van der Waals surface area contributed by atoms with Crippen LogP contribution in [0, 0.1) is 0 Å². The van der Waals surface area contributed by atoms with Gasteiger partial charge in [-0.05, 0) is 42.8 Å². The van der Waals surface area contributed by atoms with Crippen LogP contribution in [0.15, 0.2) is 16.7 Å². The fourth-order valence-corrected chi connectivity index (χ4v) is 2.20. The summed E-state index contributed by atoms with van der Waals surface area (Å²) in [6, 6.07) is 1.61. The summed E-state index contributed by atoms with van der Waals surface area (Å²) in [5.41, 5.74) is -0.339. The summed E-state index contributed by atoms with van der Waals surface area (Å²) in [6.45, 7) is 5.25. The summed E-state index contributed by atoms with van der Waals surface area (Å²) in [6.07, 6.45) is -0.186. The number of rotatable bonds is 1. The standard InChI is InChI=1S/C13H15BrN2O4/c1-13(2,3)20-12(18)16-10-8(5-7(14)6-15-10)9(17)11(16)19-4/h5-6,11H,1-4H3. The Labute approximate surface area is 125 Å². The quantitative estimate of drug-likeness (QED) is 0.784. The Morgan fingerprint density at radius 1 is 1.45 bits per heavy atom. The van der Waals surface area contributed by atoms with Gasteiger partial charge in [0.1, 0.15) is 5.60 Å². The molecule has 0 saturated carbocycles. The highest BCUT2D eigenvalue weighted by molar-refractivity contribution is 9.10. The van der Waals surface area contributed by atoms with Gasteiger partial charge in [-0.1, -0.05) is 0 Å². The third kappa shape index (κ3) is 2.69. The van der Waals surface area contributed by atoms with Crippen LogP contribution in [0.5, 0.6) is 0 Å². The highest BCUT2D eigenvalue weighted by atomic mass is 79.9. The summed E-state index contributed by atoms with van der Waals surface area (Å²) < 4.78 is 11.1. The maximum absolute atomic E-state index is 12.2. The number of halogens is 1. The lowest BCUT2D eigenvalue weighted by Crippen LogP contribution is -2.44. The molecular weight excluding hydrogens is 328 g/mol. The molecule has 1 aromatic heterocycles. The molecule has 1 amide bonds. The number of fused-ring (bicyclic) bond motifs is 1. The first-order valence-corrected chi connectivity index (χ1v) is 6.78. The molecule has 6 nitrogen and oxygen atoms in total. The smallest absolute Gasteiger partial charge is 0.418 e. The van der Waals surface area contributed by atoms with E-state index < -0.39 is 17.9 Å². The number of ether oxygens (including phenoxy) is 2. The highest BCUT2D eigenvalue weighted by Gasteiger charge is 2.44. The topological polar surface area (TPSA) is 68.7 Å². The Balaban J connectivity index is 2.42. The number of ketones is 1. The van der Waals surface area contributed by atoms with Crippen LogP contribution in [0.3, 0.4) is 0 Å². The van der Waals surface area contributed by atoms with Crippen molar-refractivity contribution in [1.29, 1.82) is 0 Å². The van der Waals surface area contributed by atoms with Crippen molar-refractivity contribution in [2.24, 2.45) is 0 Å². The van der Waals surface area contributed by atoms with E-state index in [-0.39, 0.29) is 11.6 Å². The third-order valence-electron chi connectivity index (χ3n) is 2.60. The van der Waals surface area contributed by atoms with E-state index in [0.717, 1.165) is 4.90 Å². The predicted molar refractivity (Wildman–Crippen MR) is 75.8 cm³/mol. The number of carbonyl (C=O) groups is 2. The second kappa shape index (κ2) is 5.14. The second-order valence-electron chi connectivity index (χ2n) is 5.33. The van der Waals surface area contributed by atoms with Gasteiger partial charge >= 0.3 is 6.09 Å². The van der Waals surface area contributed by atoms with Gasteiger partial charge in [0.05, 0.1) is 5.56 Å². The first kappa shape index (κ1) is 14.9. The number of pyridine rings is 1. The molecule has 0 aliphatic carbocycles. The van der Waals surface area contributed by atoms with Gasteiger partial charge in [0.15, 0.2) is 5.82 Å². The zero-order valence-electron chi connectivity index (χ0n) is 11.6. The van der Waals surface area contributed by atoms with E-state index >= 15 is 0 Å². The number of carbonyl (C=O) groups excluding carboxylic acids is 2. The molecular formula is C13H15BrN2O4. The van der Waals surface area contributed by atoms with Crippen LogP contribution in [0.25, 0.3) is 0 Å². The molecule has 1 aliphatic heterocycles. The average molecular weight is 343 g/mol. The maximum atomic E-state index is 12.2. The maximum Gasteiger partial charge on any atom is 0.418 e. The molecule has 0 bridgehead atoms. The number of nitrogens with zero attached hydrogens (tertiary/aromatic N) is 2. The van der Waals surface area contributed by atoms with Gasteiger partial charge in [-0.3, -0.25) is 4.79 Å². The Bertz CT molecular complexity index is 568. The molecule has 0 spiro atoms. The molecule has 0 fully saturated rings. The number of Topliss-reactive ketones (excluding diaryl/α,β-unsaturated/α-hetero) is 1. The van der Waals surface area contributed by atoms with E-state index in [1.807, 2.05) is 0 Å². The summed E-state index contributed by atoms with van der Waals surface area (Å²) in [7, 11) is 1.36. The van der Waals surface area contributed by atoms with E-state index in [1.165, 1.54) is 13.3 Å². The van der Waals surface area contributed by atoms with Crippen LogP contribution in [0.2, 0.25) is 0 Å². The van der Waals surface area contributed by atoms with Gasteiger partial charge in [-0.15, -0.1) is 0 Å². The second-order valence-corrected chi connectivity index (χ2v) is 6.24. The van der Waals surface area contributed by atoms with E-state index in [9.17, 15) is 9.59 Å². The van der Waals surface area contributed by atoms with Crippen molar-refractivity contribution in [3.63, 3.8) is 0 Å². The lowest BCUT2D eigenvalue weighted by Gasteiger charge is -2.26. The Morgan fingerprint density at radius 3 is 2.65 bits per heavy atom. The minimum Gasteiger partial charge on any atom is -0.443 e. The third-order valence-corrected chi connectivity index (χ3v) is 3.03. The minimum atomic E-state index is -1.04. The molecule has 0 N–H and O–H groups in total. The lowest BCUT2D eigenvalue weighted by molar-refractivity contribution is 0.0381. The first-order valence-electron chi connectivity index (χ1n) is 5.99. The summed E-state index contributed by atoms with van der Waals surface area (Å²) >= 11 is 3.25. The molecule has 0 aromatic carbocycles. The predicted octanol–water partition coefficient (Wildman–Crippen LogP) is 2.75. The minimum absolute atomic E-state index is 0.249. The molecule has 7 heteroatoms. The molecule has 1 aliphatic rings.